The van der Waals surface area contributed by atoms with Crippen LogP contribution < -0.4 is 10.1 Å². The van der Waals surface area contributed by atoms with E-state index in [-0.39, 0.29) is 5.91 Å². The first kappa shape index (κ1) is 15.1. The van der Waals surface area contributed by atoms with Crippen LogP contribution in [-0.2, 0) is 16.2 Å². The largest absolute Gasteiger partial charge is 0.496 e. The predicted molar refractivity (Wildman–Crippen MR) is 87.3 cm³/mol. The normalized spacial score (nSPS) is 16.4. The smallest absolute Gasteiger partial charge is 0.264 e. The van der Waals surface area contributed by atoms with Gasteiger partial charge in [-0.2, -0.15) is 0 Å². The highest BCUT2D eigenvalue weighted by molar-refractivity contribution is 6.04. The van der Waals surface area contributed by atoms with Crippen LogP contribution in [0.2, 0.25) is 0 Å². The molecule has 0 aliphatic carbocycles. The van der Waals surface area contributed by atoms with E-state index in [1.165, 1.54) is 0 Å². The Morgan fingerprint density at radius 3 is 2.74 bits per heavy atom. The number of carbonyl (C=O) groups excluding carboxylic acids is 1. The molecule has 0 radical (unpaired) electrons. The van der Waals surface area contributed by atoms with Crippen molar-refractivity contribution < 1.29 is 14.4 Å². The van der Waals surface area contributed by atoms with Crippen molar-refractivity contribution in [1.29, 1.82) is 0 Å². The highest BCUT2D eigenvalue weighted by Gasteiger charge is 2.28. The third-order valence-corrected chi connectivity index (χ3v) is 3.71. The van der Waals surface area contributed by atoms with Gasteiger partial charge in [-0.1, -0.05) is 53.7 Å². The van der Waals surface area contributed by atoms with Crippen molar-refractivity contribution in [2.45, 2.75) is 19.1 Å². The van der Waals surface area contributed by atoms with Crippen molar-refractivity contribution in [2.75, 3.05) is 7.11 Å². The van der Waals surface area contributed by atoms with Gasteiger partial charge in [0.15, 0.2) is 0 Å². The molecule has 1 amide bonds. The van der Waals surface area contributed by atoms with Crippen LogP contribution in [-0.4, -0.2) is 24.8 Å². The maximum Gasteiger partial charge on any atom is 0.264 e. The molecule has 0 unspecified atom stereocenters. The van der Waals surface area contributed by atoms with Crippen LogP contribution >= 0.6 is 0 Å². The molecule has 0 spiro atoms. The summed E-state index contributed by atoms with van der Waals surface area (Å²) in [7, 11) is 1.61. The van der Waals surface area contributed by atoms with E-state index < -0.39 is 6.10 Å². The topological polar surface area (TPSA) is 59.9 Å². The van der Waals surface area contributed by atoms with E-state index in [0.717, 1.165) is 22.6 Å². The summed E-state index contributed by atoms with van der Waals surface area (Å²) in [5.41, 5.74) is 2.70. The molecule has 0 bridgehead atoms. The molecule has 0 aromatic heterocycles. The van der Waals surface area contributed by atoms with E-state index in [9.17, 15) is 4.79 Å². The summed E-state index contributed by atoms with van der Waals surface area (Å²) < 4.78 is 5.27. The number of methoxy groups -OCH3 is 1. The summed E-state index contributed by atoms with van der Waals surface area (Å²) in [5, 5.41) is 6.90. The lowest BCUT2D eigenvalue weighted by molar-refractivity contribution is -0.131. The maximum absolute atomic E-state index is 12.2. The predicted octanol–water partition coefficient (Wildman–Crippen LogP) is 2.50. The Kier molecular flexibility index (Phi) is 4.57. The van der Waals surface area contributed by atoms with E-state index in [1.54, 1.807) is 7.11 Å². The molecule has 1 atom stereocenters. The van der Waals surface area contributed by atoms with Crippen LogP contribution in [0.25, 0.3) is 0 Å². The summed E-state index contributed by atoms with van der Waals surface area (Å²) >= 11 is 0. The van der Waals surface area contributed by atoms with Gasteiger partial charge in [-0.15, -0.1) is 0 Å². The number of ether oxygens (including phenoxy) is 1. The number of amides is 1. The first-order valence-corrected chi connectivity index (χ1v) is 7.45. The lowest BCUT2D eigenvalue weighted by Gasteiger charge is -2.11. The molecule has 0 saturated carbocycles. The number of para-hydroxylation sites is 1. The summed E-state index contributed by atoms with van der Waals surface area (Å²) in [6, 6.07) is 17.3. The number of benzene rings is 2. The quantitative estimate of drug-likeness (QED) is 0.923. The highest BCUT2D eigenvalue weighted by atomic mass is 16.6. The van der Waals surface area contributed by atoms with Crippen LogP contribution in [0.1, 0.15) is 17.5 Å². The van der Waals surface area contributed by atoms with Gasteiger partial charge in [0.1, 0.15) is 5.75 Å². The second kappa shape index (κ2) is 6.96. The minimum atomic E-state index is -0.583. The van der Waals surface area contributed by atoms with Gasteiger partial charge < -0.3 is 14.9 Å². The van der Waals surface area contributed by atoms with E-state index in [4.69, 9.17) is 9.57 Å². The number of oxime groups is 1. The molecule has 2 aromatic rings. The standard InChI is InChI=1S/C18H18N2O3/c1-22-16-10-6-5-9-14(16)12-19-18(21)17-11-15(20-23-17)13-7-3-2-4-8-13/h2-10,17H,11-12H2,1H3,(H,19,21)/t17-/m0/s1. The monoisotopic (exact) mass is 310 g/mol. The van der Waals surface area contributed by atoms with Crippen molar-refractivity contribution in [3.63, 3.8) is 0 Å². The van der Waals surface area contributed by atoms with Crippen LogP contribution in [0.3, 0.4) is 0 Å². The minimum Gasteiger partial charge on any atom is -0.496 e. The molecule has 5 heteroatoms. The van der Waals surface area contributed by atoms with Crippen LogP contribution in [0.15, 0.2) is 59.8 Å². The van der Waals surface area contributed by atoms with Gasteiger partial charge in [-0.25, -0.2) is 0 Å². The lowest BCUT2D eigenvalue weighted by Crippen LogP contribution is -2.34. The minimum absolute atomic E-state index is 0.175. The number of carbonyl (C=O) groups is 1. The van der Waals surface area contributed by atoms with Crippen molar-refractivity contribution >= 4 is 11.6 Å². The molecule has 1 aliphatic rings. The molecule has 0 saturated heterocycles. The first-order valence-electron chi connectivity index (χ1n) is 7.45. The molecule has 1 heterocycles. The number of nitrogens with zero attached hydrogens (tertiary/aromatic N) is 1. The third-order valence-electron chi connectivity index (χ3n) is 3.71. The molecular weight excluding hydrogens is 292 g/mol. The molecule has 2 aromatic carbocycles. The van der Waals surface area contributed by atoms with Crippen molar-refractivity contribution in [1.82, 2.24) is 5.32 Å². The Morgan fingerprint density at radius 1 is 1.22 bits per heavy atom. The van der Waals surface area contributed by atoms with E-state index in [1.807, 2.05) is 54.6 Å². The van der Waals surface area contributed by atoms with Gasteiger partial charge in [0.25, 0.3) is 5.91 Å². The van der Waals surface area contributed by atoms with Gasteiger partial charge >= 0.3 is 0 Å². The summed E-state index contributed by atoms with van der Waals surface area (Å²) in [6.45, 7) is 0.392. The second-order valence-electron chi connectivity index (χ2n) is 5.23. The van der Waals surface area contributed by atoms with Crippen LogP contribution in [0.5, 0.6) is 5.75 Å². The number of hydrogen-bond donors (Lipinski definition) is 1. The van der Waals surface area contributed by atoms with E-state index in [0.29, 0.717) is 13.0 Å². The second-order valence-corrected chi connectivity index (χ2v) is 5.23. The molecule has 0 fully saturated rings. The van der Waals surface area contributed by atoms with Gasteiger partial charge in [-0.05, 0) is 11.6 Å². The lowest BCUT2D eigenvalue weighted by atomic mass is 10.0. The SMILES string of the molecule is COc1ccccc1CNC(=O)[C@@H]1CC(c2ccccc2)=NO1. The van der Waals surface area contributed by atoms with E-state index in [2.05, 4.69) is 10.5 Å². The molecule has 23 heavy (non-hydrogen) atoms. The molecule has 3 rings (SSSR count). The average molecular weight is 310 g/mol. The molecule has 1 aliphatic heterocycles. The number of hydrogen-bond acceptors (Lipinski definition) is 4. The van der Waals surface area contributed by atoms with Gasteiger partial charge in [-0.3, -0.25) is 4.79 Å². The number of rotatable bonds is 5. The maximum atomic E-state index is 12.2. The Bertz CT molecular complexity index is 713. The van der Waals surface area contributed by atoms with Crippen molar-refractivity contribution in [2.24, 2.45) is 5.16 Å². The highest BCUT2D eigenvalue weighted by Crippen LogP contribution is 2.19. The third kappa shape index (κ3) is 3.51. The zero-order valence-corrected chi connectivity index (χ0v) is 12.9. The zero-order chi connectivity index (χ0) is 16.1. The van der Waals surface area contributed by atoms with Gasteiger partial charge in [0.05, 0.1) is 12.8 Å². The van der Waals surface area contributed by atoms with Crippen molar-refractivity contribution in [3.8, 4) is 5.75 Å². The van der Waals surface area contributed by atoms with E-state index >= 15 is 0 Å². The molecule has 118 valence electrons. The van der Waals surface area contributed by atoms with Gasteiger partial charge in [0, 0.05) is 18.5 Å². The summed E-state index contributed by atoms with van der Waals surface area (Å²) in [4.78, 5) is 17.5. The van der Waals surface area contributed by atoms with Gasteiger partial charge in [0.2, 0.25) is 6.10 Å². The summed E-state index contributed by atoms with van der Waals surface area (Å²) in [6.07, 6.45) is -0.109. The molecular formula is C18H18N2O3. The van der Waals surface area contributed by atoms with Crippen LogP contribution in [0.4, 0.5) is 0 Å². The zero-order valence-electron chi connectivity index (χ0n) is 12.9. The van der Waals surface area contributed by atoms with Crippen molar-refractivity contribution in [3.05, 3.63) is 65.7 Å². The number of nitrogens with one attached hydrogen (secondary N) is 1. The first-order chi connectivity index (χ1) is 11.3. The molecule has 5 nitrogen and oxygen atoms in total. The Labute approximate surface area is 134 Å². The fraction of sp³-hybridized carbons (Fsp3) is 0.222. The summed E-state index contributed by atoms with van der Waals surface area (Å²) in [5.74, 6) is 0.576. The van der Waals surface area contributed by atoms with Crippen LogP contribution in [0, 0.1) is 0 Å². The Balaban J connectivity index is 1.56. The average Bonchev–Trinajstić information content (AvgIpc) is 3.11. The fourth-order valence-corrected chi connectivity index (χ4v) is 2.46. The Morgan fingerprint density at radius 2 is 1.96 bits per heavy atom. The fourth-order valence-electron chi connectivity index (χ4n) is 2.46. The Hall–Kier alpha value is -2.82. The molecule has 1 N–H and O–H groups in total.